The van der Waals surface area contributed by atoms with E-state index in [1.165, 1.54) is 14.0 Å². The Morgan fingerprint density at radius 2 is 2.00 bits per heavy atom. The first kappa shape index (κ1) is 16.6. The van der Waals surface area contributed by atoms with Gasteiger partial charge in [0, 0.05) is 17.8 Å². The Morgan fingerprint density at radius 1 is 1.43 bits per heavy atom. The van der Waals surface area contributed by atoms with Crippen LogP contribution in [0.25, 0.3) is 0 Å². The van der Waals surface area contributed by atoms with E-state index in [9.17, 15) is 19.4 Å². The molecule has 0 amide bonds. The van der Waals surface area contributed by atoms with Gasteiger partial charge in [-0.2, -0.15) is 4.39 Å². The lowest BCUT2D eigenvalue weighted by Gasteiger charge is -2.58. The van der Waals surface area contributed by atoms with E-state index in [1.807, 2.05) is 0 Å². The van der Waals surface area contributed by atoms with Crippen LogP contribution in [0.3, 0.4) is 0 Å². The maximum atomic E-state index is 14.6. The number of hydrogen-bond acceptors (Lipinski definition) is 6. The van der Waals surface area contributed by atoms with Crippen molar-refractivity contribution in [1.82, 2.24) is 5.32 Å². The van der Waals surface area contributed by atoms with E-state index < -0.39 is 54.1 Å². The lowest BCUT2D eigenvalue weighted by Crippen LogP contribution is -2.72. The topological polar surface area (TPSA) is 119 Å². The molecular weight excluding hydrogens is 285 g/mol. The van der Waals surface area contributed by atoms with Crippen molar-refractivity contribution in [2.45, 2.75) is 37.6 Å². The van der Waals surface area contributed by atoms with Crippen molar-refractivity contribution in [2.75, 3.05) is 13.7 Å². The summed E-state index contributed by atoms with van der Waals surface area (Å²) in [7, 11) is 1.49. The zero-order chi connectivity index (χ0) is 16.2. The summed E-state index contributed by atoms with van der Waals surface area (Å²) in [4.78, 5) is 11.2. The Kier molecular flexibility index (Phi) is 4.05. The van der Waals surface area contributed by atoms with Crippen LogP contribution < -0.4 is 5.32 Å². The van der Waals surface area contributed by atoms with Crippen LogP contribution in [0.1, 0.15) is 13.8 Å². The summed E-state index contributed by atoms with van der Waals surface area (Å²) < 4.78 is 19.9. The van der Waals surface area contributed by atoms with E-state index in [4.69, 9.17) is 14.9 Å². The van der Waals surface area contributed by atoms with E-state index in [0.29, 0.717) is 0 Å². The molecule has 0 radical (unpaired) electrons. The zero-order valence-corrected chi connectivity index (χ0v) is 12.2. The van der Waals surface area contributed by atoms with Crippen LogP contribution in [-0.4, -0.2) is 63.8 Å². The molecule has 0 bridgehead atoms. The van der Waals surface area contributed by atoms with Crippen molar-refractivity contribution < 1.29 is 34.3 Å². The number of rotatable bonds is 5. The molecule has 2 aliphatic rings. The van der Waals surface area contributed by atoms with E-state index >= 15 is 0 Å². The number of alkyl halides is 1. The molecule has 1 saturated carbocycles. The molecule has 0 aromatic rings. The number of carbonyl (C=O) groups is 1. The molecule has 1 aliphatic carbocycles. The second-order valence-corrected chi connectivity index (χ2v) is 6.04. The molecule has 2 rings (SSSR count). The van der Waals surface area contributed by atoms with Crippen LogP contribution in [0.5, 0.6) is 0 Å². The molecule has 1 saturated heterocycles. The van der Waals surface area contributed by atoms with Crippen molar-refractivity contribution in [3.63, 3.8) is 0 Å². The van der Waals surface area contributed by atoms with Crippen molar-refractivity contribution in [3.8, 4) is 0 Å². The number of fused-ring (bicyclic) bond motifs is 1. The van der Waals surface area contributed by atoms with Gasteiger partial charge in [-0.1, -0.05) is 13.8 Å². The molecule has 122 valence electrons. The molecular formula is C13H22FNO6. The van der Waals surface area contributed by atoms with Crippen LogP contribution in [0.15, 0.2) is 0 Å². The quantitative estimate of drug-likeness (QED) is 0.438. The van der Waals surface area contributed by atoms with Gasteiger partial charge < -0.3 is 25.2 Å². The van der Waals surface area contributed by atoms with Gasteiger partial charge in [0.15, 0.2) is 0 Å². The lowest BCUT2D eigenvalue weighted by atomic mass is 9.53. The van der Waals surface area contributed by atoms with Gasteiger partial charge in [-0.3, -0.25) is 5.32 Å². The smallest absolute Gasteiger partial charge is 0.369 e. The van der Waals surface area contributed by atoms with Gasteiger partial charge in [-0.05, 0) is 13.0 Å². The van der Waals surface area contributed by atoms with Gasteiger partial charge in [-0.25, -0.2) is 4.79 Å². The summed E-state index contributed by atoms with van der Waals surface area (Å²) in [6, 6.07) is 0. The second kappa shape index (κ2) is 5.13. The lowest BCUT2D eigenvalue weighted by molar-refractivity contribution is -0.279. The molecule has 5 N–H and O–H groups in total. The average molecular weight is 307 g/mol. The molecule has 0 aromatic heterocycles. The molecule has 0 spiro atoms. The van der Waals surface area contributed by atoms with Gasteiger partial charge in [0.2, 0.25) is 0 Å². The highest BCUT2D eigenvalue weighted by molar-refractivity contribution is 5.76. The first-order valence-corrected chi connectivity index (χ1v) is 6.95. The van der Waals surface area contributed by atoms with Gasteiger partial charge >= 0.3 is 11.8 Å². The van der Waals surface area contributed by atoms with Crippen LogP contribution in [0.2, 0.25) is 0 Å². The van der Waals surface area contributed by atoms with Crippen molar-refractivity contribution in [3.05, 3.63) is 0 Å². The largest absolute Gasteiger partial charge is 0.477 e. The van der Waals surface area contributed by atoms with E-state index in [0.717, 1.165) is 0 Å². The van der Waals surface area contributed by atoms with Crippen LogP contribution in [0.4, 0.5) is 4.39 Å². The highest BCUT2D eigenvalue weighted by atomic mass is 19.2. The van der Waals surface area contributed by atoms with Gasteiger partial charge in [-0.15, -0.1) is 0 Å². The Bertz CT molecular complexity index is 437. The van der Waals surface area contributed by atoms with E-state index in [1.54, 1.807) is 6.92 Å². The van der Waals surface area contributed by atoms with Crippen LogP contribution in [-0.2, 0) is 9.53 Å². The maximum absolute atomic E-state index is 14.6. The fourth-order valence-electron chi connectivity index (χ4n) is 4.18. The number of aliphatic hydroxyl groups excluding tert-OH is 3. The third kappa shape index (κ3) is 1.93. The fourth-order valence-corrected chi connectivity index (χ4v) is 4.18. The Hall–Kier alpha value is -0.800. The standard InChI is InChI=1S/C13H22FNO6/c1-5-8-6(2)12(14,11(19)20)21-13(8,15-3)9(5)10(18)7(17)4-16/h5-10,15-18H,4H2,1-3H3,(H,19,20). The molecule has 8 atom stereocenters. The third-order valence-electron chi connectivity index (χ3n) is 5.20. The number of nitrogens with one attached hydrogen (secondary N) is 1. The normalized spacial score (nSPS) is 48.3. The highest BCUT2D eigenvalue weighted by Gasteiger charge is 2.76. The summed E-state index contributed by atoms with van der Waals surface area (Å²) in [6.45, 7) is 2.55. The molecule has 2 fully saturated rings. The van der Waals surface area contributed by atoms with Crippen molar-refractivity contribution in [2.24, 2.45) is 23.7 Å². The number of ether oxygens (including phenoxy) is 1. The molecule has 1 heterocycles. The van der Waals surface area contributed by atoms with Crippen LogP contribution in [0, 0.1) is 23.7 Å². The number of carboxylic acid groups (broad SMARTS) is 1. The monoisotopic (exact) mass is 307 g/mol. The predicted molar refractivity (Wildman–Crippen MR) is 68.8 cm³/mol. The Balaban J connectivity index is 2.36. The van der Waals surface area contributed by atoms with Gasteiger partial charge in [0.1, 0.15) is 11.8 Å². The number of aliphatic carboxylic acids is 1. The van der Waals surface area contributed by atoms with E-state index in [-0.39, 0.29) is 5.92 Å². The average Bonchev–Trinajstić information content (AvgIpc) is 2.64. The summed E-state index contributed by atoms with van der Waals surface area (Å²) in [5.74, 6) is -6.93. The van der Waals surface area contributed by atoms with Crippen molar-refractivity contribution in [1.29, 1.82) is 0 Å². The zero-order valence-electron chi connectivity index (χ0n) is 12.2. The summed E-state index contributed by atoms with van der Waals surface area (Å²) in [5.41, 5.74) is -1.37. The molecule has 8 heteroatoms. The number of aliphatic hydroxyl groups is 3. The van der Waals surface area contributed by atoms with Crippen LogP contribution >= 0.6 is 0 Å². The second-order valence-electron chi connectivity index (χ2n) is 6.04. The first-order valence-electron chi connectivity index (χ1n) is 6.95. The number of halogens is 1. The Labute approximate surface area is 121 Å². The minimum absolute atomic E-state index is 0.277. The molecule has 7 nitrogen and oxygen atoms in total. The minimum Gasteiger partial charge on any atom is -0.477 e. The van der Waals surface area contributed by atoms with Gasteiger partial charge in [0.25, 0.3) is 0 Å². The minimum atomic E-state index is -2.85. The number of hydrogen-bond donors (Lipinski definition) is 5. The van der Waals surface area contributed by atoms with Gasteiger partial charge in [0.05, 0.1) is 12.7 Å². The maximum Gasteiger partial charge on any atom is 0.369 e. The third-order valence-corrected chi connectivity index (χ3v) is 5.20. The fraction of sp³-hybridized carbons (Fsp3) is 0.923. The summed E-state index contributed by atoms with van der Waals surface area (Å²) in [5, 5.41) is 40.6. The number of carboxylic acids is 1. The Morgan fingerprint density at radius 3 is 2.43 bits per heavy atom. The first-order chi connectivity index (χ1) is 9.67. The highest BCUT2D eigenvalue weighted by Crippen LogP contribution is 2.63. The summed E-state index contributed by atoms with van der Waals surface area (Å²) in [6.07, 6.45) is -2.75. The molecule has 0 aromatic carbocycles. The summed E-state index contributed by atoms with van der Waals surface area (Å²) >= 11 is 0. The SMILES string of the molecule is CNC12OC(F)(C(=O)O)C(C)C1C(C)C2C(O)C(O)CO. The molecule has 1 aliphatic heterocycles. The van der Waals surface area contributed by atoms with Crippen molar-refractivity contribution >= 4 is 5.97 Å². The molecule has 21 heavy (non-hydrogen) atoms. The predicted octanol–water partition coefficient (Wildman–Crippen LogP) is -1.08. The molecule has 8 unspecified atom stereocenters. The van der Waals surface area contributed by atoms with E-state index in [2.05, 4.69) is 5.32 Å².